The van der Waals surface area contributed by atoms with Gasteiger partial charge in [-0.3, -0.25) is 42.1 Å². The van der Waals surface area contributed by atoms with Crippen molar-refractivity contribution >= 4 is 72.7 Å². The van der Waals surface area contributed by atoms with Gasteiger partial charge in [0.1, 0.15) is 0 Å². The third-order valence-electron chi connectivity index (χ3n) is 27.5. The summed E-state index contributed by atoms with van der Waals surface area (Å²) in [6, 6.07) is 19.9. The predicted molar refractivity (Wildman–Crippen MR) is 538 cm³/mol. The summed E-state index contributed by atoms with van der Waals surface area (Å²) in [5.41, 5.74) is 13.3. The van der Waals surface area contributed by atoms with E-state index in [-0.39, 0.29) is 16.2 Å². The number of rotatable bonds is 57. The number of benzene rings is 1. The molecule has 126 heavy (non-hydrogen) atoms. The Morgan fingerprint density at radius 1 is 0.183 bits per heavy atom. The Morgan fingerprint density at radius 3 is 0.373 bits per heavy atom. The van der Waals surface area contributed by atoms with Gasteiger partial charge in [-0.15, -0.1) is 45.9 Å². The number of aromatic nitrogens is 27. The van der Waals surface area contributed by atoms with Crippen LogP contribution in [0.4, 0.5) is 0 Å². The van der Waals surface area contributed by atoms with Crippen LogP contribution in [0, 0.1) is 62.3 Å². The zero-order valence-electron chi connectivity index (χ0n) is 83.5. The summed E-state index contributed by atoms with van der Waals surface area (Å²) in [4.78, 5) is 0. The molecule has 36 heteroatoms. The molecule has 9 heterocycles. The van der Waals surface area contributed by atoms with Crippen LogP contribution < -0.4 is 0 Å². The molecule has 27 nitrogen and oxygen atoms in total. The van der Waals surface area contributed by atoms with Crippen molar-refractivity contribution in [2.24, 2.45) is 0 Å². The maximum absolute atomic E-state index is 4.75. The Balaban J connectivity index is 1.27. The molecule has 0 N–H and O–H groups in total. The minimum atomic E-state index is -1.93. The first-order valence-electron chi connectivity index (χ1n) is 47.9. The van der Waals surface area contributed by atoms with Crippen molar-refractivity contribution in [1.82, 2.24) is 135 Å². The second-order valence-corrected chi connectivity index (χ2v) is 93.1. The Kier molecular flexibility index (Phi) is 34.8. The summed E-state index contributed by atoms with van der Waals surface area (Å²) in [7, 11) is -17.4. The predicted octanol–water partition coefficient (Wildman–Crippen LogP) is 20.1. The molecule has 0 unspecified atom stereocenters. The molecule has 696 valence electrons. The van der Waals surface area contributed by atoms with Gasteiger partial charge in [-0.2, -0.15) is 0 Å². The quantitative estimate of drug-likeness (QED) is 0.0320. The van der Waals surface area contributed by atoms with E-state index in [9.17, 15) is 0 Å². The van der Waals surface area contributed by atoms with E-state index in [1.165, 1.54) is 54.4 Å². The highest BCUT2D eigenvalue weighted by molar-refractivity contribution is 6.79. The number of hydrogen-bond donors (Lipinski definition) is 0. The molecule has 1 aromatic carbocycles. The highest BCUT2D eigenvalue weighted by Gasteiger charge is 2.44. The maximum atomic E-state index is 4.75. The van der Waals surface area contributed by atoms with Crippen LogP contribution in [0.15, 0.2) is 74.0 Å². The molecule has 9 aromatic heterocycles. The van der Waals surface area contributed by atoms with Crippen molar-refractivity contribution in [3.8, 4) is 0 Å². The molecular formula is C90H165N27Si9. The molecule has 0 radical (unpaired) electrons. The van der Waals surface area contributed by atoms with E-state index in [0.717, 1.165) is 222 Å². The fourth-order valence-electron chi connectivity index (χ4n) is 21.0. The van der Waals surface area contributed by atoms with Crippen LogP contribution in [-0.2, 0) is 71.8 Å². The van der Waals surface area contributed by atoms with E-state index < -0.39 is 72.7 Å². The lowest BCUT2D eigenvalue weighted by atomic mass is 9.63. The van der Waals surface area contributed by atoms with Gasteiger partial charge in [0.05, 0.1) is 124 Å². The molecule has 0 spiro atoms. The van der Waals surface area contributed by atoms with Gasteiger partial charge in [0.2, 0.25) is 0 Å². The van der Waals surface area contributed by atoms with E-state index in [1.54, 1.807) is 16.7 Å². The minimum Gasteiger partial charge on any atom is -0.255 e. The smallest absolute Gasteiger partial charge is 0.0796 e. The molecular weight excluding hydrogens is 1710 g/mol. The van der Waals surface area contributed by atoms with Crippen LogP contribution in [0.5, 0.6) is 0 Å². The van der Waals surface area contributed by atoms with Crippen molar-refractivity contribution in [3.05, 3.63) is 142 Å². The zero-order chi connectivity index (χ0) is 91.8. The molecule has 0 saturated carbocycles. The summed E-state index contributed by atoms with van der Waals surface area (Å²) in [6.07, 6.45) is 48.8. The van der Waals surface area contributed by atoms with E-state index in [4.69, 9.17) is 46.9 Å². The summed E-state index contributed by atoms with van der Waals surface area (Å²) in [5, 5.41) is 83.8. The second kappa shape index (κ2) is 43.2. The normalized spacial score (nSPS) is 13.5. The SMILES string of the molecule is Cc1cn(C[Si](C)(C)CCCC(CCC[Si](C)(C)Cn2cc(C)nn2)(CCC[Si](C)(C)Cn2cc(C)nn2)c2cc(C(CCC[Si](C)(C)Cn3cc(C)nn3)(CCC[Si](C)(C)Cn3cc(C)nn3)CCC[Si](C)(C)Cn3cc(C)nn3)cc(C(CCC[Si](C)(C)Cn3cc(C)nn3)(CCC[Si](C)(C)Cn3cc(C)nn3)CCC[Si](C)(C)Cn3cc(C)nn3)c2)nn1. The first-order valence-corrected chi connectivity index (χ1v) is 78.6. The molecule has 10 aromatic rings. The molecule has 0 aliphatic rings. The molecule has 0 aliphatic heterocycles. The highest BCUT2D eigenvalue weighted by atomic mass is 28.3. The molecule has 10 rings (SSSR count). The minimum absolute atomic E-state index is 0.166. The third-order valence-corrected chi connectivity index (χ3v) is 53.5. The number of aryl methyl sites for hydroxylation is 9. The molecule has 0 bridgehead atoms. The third kappa shape index (κ3) is 32.5. The molecule has 0 saturated heterocycles. The van der Waals surface area contributed by atoms with Crippen LogP contribution >= 0.6 is 0 Å². The molecule has 0 aliphatic carbocycles. The lowest BCUT2D eigenvalue weighted by Crippen LogP contribution is -2.38. The van der Waals surface area contributed by atoms with Crippen molar-refractivity contribution < 1.29 is 0 Å². The van der Waals surface area contributed by atoms with Gasteiger partial charge in [0.25, 0.3) is 0 Å². The maximum Gasteiger partial charge on any atom is 0.0796 e. The Morgan fingerprint density at radius 2 is 0.286 bits per heavy atom. The zero-order valence-corrected chi connectivity index (χ0v) is 92.5. The van der Waals surface area contributed by atoms with Crippen LogP contribution in [0.2, 0.25) is 172 Å². The largest absolute Gasteiger partial charge is 0.255 e. The molecule has 0 atom stereocenters. The van der Waals surface area contributed by atoms with E-state index in [0.29, 0.717) is 0 Å². The van der Waals surface area contributed by atoms with Crippen LogP contribution in [-0.4, -0.2) is 208 Å². The van der Waals surface area contributed by atoms with Crippen molar-refractivity contribution in [2.45, 2.75) is 422 Å². The van der Waals surface area contributed by atoms with Gasteiger partial charge in [-0.1, -0.05) is 295 Å². The number of nitrogens with zero attached hydrogens (tertiary/aromatic N) is 27. The second-order valence-electron chi connectivity index (χ2n) is 46.8. The monoisotopic (exact) mass is 1880 g/mol. The summed E-state index contributed by atoms with van der Waals surface area (Å²) in [5.74, 6) is 0. The van der Waals surface area contributed by atoms with E-state index in [1.807, 2.05) is 0 Å². The lowest BCUT2D eigenvalue weighted by molar-refractivity contribution is 0.303. The van der Waals surface area contributed by atoms with Gasteiger partial charge in [0.15, 0.2) is 0 Å². The Bertz CT molecular complexity index is 4050. The van der Waals surface area contributed by atoms with Gasteiger partial charge in [-0.05, 0) is 153 Å². The van der Waals surface area contributed by atoms with Gasteiger partial charge in [-0.25, -0.2) is 0 Å². The average molecular weight is 1880 g/mol. The Hall–Kier alpha value is -6.57. The fraction of sp³-hybridized carbons (Fsp3) is 0.733. The fourth-order valence-corrected chi connectivity index (χ4v) is 41.9. The average Bonchev–Trinajstić information content (AvgIpc) is 1.05. The lowest BCUT2D eigenvalue weighted by Gasteiger charge is -2.44. The molecule has 0 amide bonds. The standard InChI is InChI=1S/C90H165N27Si9/c1-76-58-109(100-91-76)67-118(10,11)46-28-37-88(38-29-47-119(12,13)68-110-59-77(2)92-101-110,39-30-48-120(14,15)69-111-60-78(3)93-102-111)85-55-86(89(40-31-49-121(16,17)70-112-61-79(4)94-103-112,41-32-50-122(18,19)71-113-62-80(5)95-104-113)42-33-51-123(20,21)72-114-63-81(6)96-105-114)57-87(56-85)90(43-34-52-124(22,23)73-115-64-82(7)97-106-115,44-35-53-125(24,25)74-116-65-83(8)98-107-116)45-36-54-126(26,27)75-117-66-84(9)99-108-117/h55-66H,28-54,67-75H2,1-27H3. The van der Waals surface area contributed by atoms with Gasteiger partial charge < -0.3 is 0 Å². The topological polar surface area (TPSA) is 276 Å². The summed E-state index contributed by atoms with van der Waals surface area (Å²) in [6.45, 7) is 66.1. The molecule has 0 fully saturated rings. The summed E-state index contributed by atoms with van der Waals surface area (Å²) < 4.78 is 19.5. The van der Waals surface area contributed by atoms with Gasteiger partial charge >= 0.3 is 0 Å². The van der Waals surface area contributed by atoms with Crippen molar-refractivity contribution in [1.29, 1.82) is 0 Å². The Labute approximate surface area is 766 Å². The van der Waals surface area contributed by atoms with Gasteiger partial charge in [0, 0.05) is 111 Å². The highest BCUT2D eigenvalue weighted by Crippen LogP contribution is 2.52. The van der Waals surface area contributed by atoms with E-state index >= 15 is 0 Å². The van der Waals surface area contributed by atoms with Crippen LogP contribution in [0.1, 0.15) is 184 Å². The van der Waals surface area contributed by atoms with Crippen molar-refractivity contribution in [3.63, 3.8) is 0 Å². The summed E-state index contributed by atoms with van der Waals surface area (Å²) >= 11 is 0. The first kappa shape index (κ1) is 102. The van der Waals surface area contributed by atoms with Crippen LogP contribution in [0.3, 0.4) is 0 Å². The first-order chi connectivity index (χ1) is 58.9. The van der Waals surface area contributed by atoms with Crippen LogP contribution in [0.25, 0.3) is 0 Å². The van der Waals surface area contributed by atoms with Crippen molar-refractivity contribution in [2.75, 3.05) is 0 Å². The van der Waals surface area contributed by atoms with E-state index in [2.05, 4.69) is 342 Å². The number of hydrogen-bond acceptors (Lipinski definition) is 18.